The molecule has 0 aliphatic rings. The van der Waals surface area contributed by atoms with Crippen LogP contribution in [0.3, 0.4) is 0 Å². The van der Waals surface area contributed by atoms with Crippen LogP contribution < -0.4 is 0 Å². The molecule has 2 aromatic carbocycles. The summed E-state index contributed by atoms with van der Waals surface area (Å²) in [6.45, 7) is 2.08. The Bertz CT molecular complexity index is 652. The number of H-pyrrole nitrogens is 1. The molecule has 74 valence electrons. The van der Waals surface area contributed by atoms with Gasteiger partial charge in [-0.15, -0.1) is 0 Å². The molecule has 2 nitrogen and oxygen atoms in total. The average Bonchev–Trinajstić information content (AvgIpc) is 2.58. The van der Waals surface area contributed by atoms with Crippen molar-refractivity contribution >= 4 is 21.8 Å². The summed E-state index contributed by atoms with van der Waals surface area (Å²) in [4.78, 5) is 3.36. The third-order valence-electron chi connectivity index (χ3n) is 2.83. The van der Waals surface area contributed by atoms with Crippen LogP contribution in [-0.4, -0.2) is 10.1 Å². The van der Waals surface area contributed by atoms with Gasteiger partial charge in [0.05, 0.1) is 0 Å². The largest absolute Gasteiger partial charge is 0.508 e. The highest BCUT2D eigenvalue weighted by Crippen LogP contribution is 2.29. The standard InChI is InChI=1S/C13H11NO/c1-8-3-2-4-10-11-7-9(15)5-6-12(11)14-13(8)10/h2-7,14-15H,1H3. The maximum atomic E-state index is 9.46. The maximum absolute atomic E-state index is 9.46. The molecule has 0 atom stereocenters. The maximum Gasteiger partial charge on any atom is 0.116 e. The lowest BCUT2D eigenvalue weighted by Crippen LogP contribution is -1.73. The van der Waals surface area contributed by atoms with Crippen molar-refractivity contribution in [2.75, 3.05) is 0 Å². The number of aryl methyl sites for hydroxylation is 1. The van der Waals surface area contributed by atoms with Crippen molar-refractivity contribution < 1.29 is 5.11 Å². The number of benzene rings is 2. The van der Waals surface area contributed by atoms with E-state index in [0.717, 1.165) is 16.4 Å². The molecule has 2 heteroatoms. The fraction of sp³-hybridized carbons (Fsp3) is 0.0769. The molecule has 0 amide bonds. The summed E-state index contributed by atoms with van der Waals surface area (Å²) in [7, 11) is 0. The number of fused-ring (bicyclic) bond motifs is 3. The first kappa shape index (κ1) is 8.36. The second kappa shape index (κ2) is 2.76. The minimum Gasteiger partial charge on any atom is -0.508 e. The van der Waals surface area contributed by atoms with E-state index in [9.17, 15) is 5.11 Å². The zero-order valence-corrected chi connectivity index (χ0v) is 8.41. The van der Waals surface area contributed by atoms with Gasteiger partial charge in [0.25, 0.3) is 0 Å². The summed E-state index contributed by atoms with van der Waals surface area (Å²) >= 11 is 0. The van der Waals surface area contributed by atoms with E-state index >= 15 is 0 Å². The molecule has 1 heterocycles. The molecule has 15 heavy (non-hydrogen) atoms. The van der Waals surface area contributed by atoms with E-state index in [-0.39, 0.29) is 0 Å². The number of aromatic amines is 1. The third-order valence-corrected chi connectivity index (χ3v) is 2.83. The summed E-state index contributed by atoms with van der Waals surface area (Å²) in [5, 5.41) is 11.7. The number of nitrogens with one attached hydrogen (secondary N) is 1. The SMILES string of the molecule is Cc1cccc2c1[nH]c1ccc(O)cc12. The molecule has 0 spiro atoms. The Hall–Kier alpha value is -1.96. The minimum atomic E-state index is 0.310. The van der Waals surface area contributed by atoms with Crippen LogP contribution in [0.5, 0.6) is 5.75 Å². The number of phenolic OH excluding ortho intramolecular Hbond substituents is 1. The van der Waals surface area contributed by atoms with Crippen molar-refractivity contribution in [1.82, 2.24) is 4.98 Å². The molecule has 0 fully saturated rings. The second-order valence-electron chi connectivity index (χ2n) is 3.85. The number of hydrogen-bond donors (Lipinski definition) is 2. The van der Waals surface area contributed by atoms with Gasteiger partial charge in [-0.1, -0.05) is 18.2 Å². The molecule has 0 aliphatic heterocycles. The highest BCUT2D eigenvalue weighted by molar-refractivity contribution is 6.08. The smallest absolute Gasteiger partial charge is 0.116 e. The Morgan fingerprint density at radius 1 is 1.07 bits per heavy atom. The first-order valence-electron chi connectivity index (χ1n) is 4.96. The van der Waals surface area contributed by atoms with Gasteiger partial charge in [-0.25, -0.2) is 0 Å². The van der Waals surface area contributed by atoms with Crippen molar-refractivity contribution in [3.8, 4) is 5.75 Å². The zero-order valence-electron chi connectivity index (χ0n) is 8.41. The molecular weight excluding hydrogens is 186 g/mol. The zero-order chi connectivity index (χ0) is 10.4. The monoisotopic (exact) mass is 197 g/mol. The quantitative estimate of drug-likeness (QED) is 0.569. The lowest BCUT2D eigenvalue weighted by molar-refractivity contribution is 0.476. The van der Waals surface area contributed by atoms with Gasteiger partial charge in [0, 0.05) is 21.8 Å². The third kappa shape index (κ3) is 1.11. The van der Waals surface area contributed by atoms with E-state index in [2.05, 4.69) is 24.0 Å². The van der Waals surface area contributed by atoms with Crippen LogP contribution in [0, 0.1) is 6.92 Å². The van der Waals surface area contributed by atoms with Crippen molar-refractivity contribution in [2.24, 2.45) is 0 Å². The number of aromatic hydroxyl groups is 1. The number of rotatable bonds is 0. The minimum absolute atomic E-state index is 0.310. The van der Waals surface area contributed by atoms with Crippen LogP contribution in [0.15, 0.2) is 36.4 Å². The summed E-state index contributed by atoms with van der Waals surface area (Å²) in [5.41, 5.74) is 3.44. The Morgan fingerprint density at radius 3 is 2.80 bits per heavy atom. The second-order valence-corrected chi connectivity index (χ2v) is 3.85. The van der Waals surface area contributed by atoms with Crippen molar-refractivity contribution in [3.05, 3.63) is 42.0 Å². The molecule has 3 rings (SSSR count). The molecule has 0 saturated carbocycles. The van der Waals surface area contributed by atoms with Gasteiger partial charge in [0.2, 0.25) is 0 Å². The van der Waals surface area contributed by atoms with Crippen LogP contribution in [0.2, 0.25) is 0 Å². The van der Waals surface area contributed by atoms with Gasteiger partial charge in [-0.05, 0) is 30.7 Å². The molecule has 0 radical (unpaired) electrons. The van der Waals surface area contributed by atoms with Crippen LogP contribution in [-0.2, 0) is 0 Å². The van der Waals surface area contributed by atoms with E-state index in [1.54, 1.807) is 12.1 Å². The molecule has 1 aromatic heterocycles. The van der Waals surface area contributed by atoms with E-state index in [1.807, 2.05) is 12.1 Å². The predicted octanol–water partition coefficient (Wildman–Crippen LogP) is 3.34. The Morgan fingerprint density at radius 2 is 1.93 bits per heavy atom. The first-order chi connectivity index (χ1) is 7.25. The molecule has 0 saturated heterocycles. The Kier molecular flexibility index (Phi) is 1.54. The lowest BCUT2D eigenvalue weighted by atomic mass is 10.1. The highest BCUT2D eigenvalue weighted by Gasteiger charge is 2.05. The van der Waals surface area contributed by atoms with Crippen molar-refractivity contribution in [1.29, 1.82) is 0 Å². The fourth-order valence-electron chi connectivity index (χ4n) is 2.06. The van der Waals surface area contributed by atoms with Gasteiger partial charge < -0.3 is 10.1 Å². The van der Waals surface area contributed by atoms with Crippen molar-refractivity contribution in [2.45, 2.75) is 6.92 Å². The molecule has 0 bridgehead atoms. The average molecular weight is 197 g/mol. The summed E-state index contributed by atoms with van der Waals surface area (Å²) < 4.78 is 0. The van der Waals surface area contributed by atoms with Gasteiger partial charge >= 0.3 is 0 Å². The van der Waals surface area contributed by atoms with Crippen LogP contribution >= 0.6 is 0 Å². The van der Waals surface area contributed by atoms with Gasteiger partial charge in [-0.2, -0.15) is 0 Å². The van der Waals surface area contributed by atoms with Crippen LogP contribution in [0.1, 0.15) is 5.56 Å². The summed E-state index contributed by atoms with van der Waals surface area (Å²) in [6.07, 6.45) is 0. The number of aromatic nitrogens is 1. The molecule has 0 aliphatic carbocycles. The molecule has 3 aromatic rings. The molecule has 0 unspecified atom stereocenters. The van der Waals surface area contributed by atoms with Crippen LogP contribution in [0.25, 0.3) is 21.8 Å². The van der Waals surface area contributed by atoms with Gasteiger partial charge in [0.1, 0.15) is 5.75 Å². The highest BCUT2D eigenvalue weighted by atomic mass is 16.3. The molecule has 2 N–H and O–H groups in total. The van der Waals surface area contributed by atoms with E-state index < -0.39 is 0 Å². The summed E-state index contributed by atoms with van der Waals surface area (Å²) in [5.74, 6) is 0.310. The van der Waals surface area contributed by atoms with E-state index in [0.29, 0.717) is 5.75 Å². The van der Waals surface area contributed by atoms with E-state index in [1.165, 1.54) is 10.9 Å². The summed E-state index contributed by atoms with van der Waals surface area (Å²) in [6, 6.07) is 11.6. The number of para-hydroxylation sites is 1. The van der Waals surface area contributed by atoms with Gasteiger partial charge in [0.15, 0.2) is 0 Å². The predicted molar refractivity (Wildman–Crippen MR) is 62.2 cm³/mol. The number of phenols is 1. The Balaban J connectivity index is 2.58. The topological polar surface area (TPSA) is 36.0 Å². The number of hydrogen-bond acceptors (Lipinski definition) is 1. The fourth-order valence-corrected chi connectivity index (χ4v) is 2.06. The lowest BCUT2D eigenvalue weighted by Gasteiger charge is -1.94. The Labute approximate surface area is 87.2 Å². The van der Waals surface area contributed by atoms with Crippen molar-refractivity contribution in [3.63, 3.8) is 0 Å². The normalized spacial score (nSPS) is 11.3. The molecular formula is C13H11NO. The first-order valence-corrected chi connectivity index (χ1v) is 4.96. The van der Waals surface area contributed by atoms with Gasteiger partial charge in [-0.3, -0.25) is 0 Å². The van der Waals surface area contributed by atoms with E-state index in [4.69, 9.17) is 0 Å². The van der Waals surface area contributed by atoms with Crippen LogP contribution in [0.4, 0.5) is 0 Å².